The summed E-state index contributed by atoms with van der Waals surface area (Å²) < 4.78 is 14.3. The van der Waals surface area contributed by atoms with Crippen molar-refractivity contribution in [1.29, 1.82) is 0 Å². The van der Waals surface area contributed by atoms with E-state index in [1.54, 1.807) is 18.2 Å². The van der Waals surface area contributed by atoms with Gasteiger partial charge in [0.25, 0.3) is 5.56 Å². The van der Waals surface area contributed by atoms with E-state index in [9.17, 15) is 14.0 Å². The molecule has 4 rings (SSSR count). The highest BCUT2D eigenvalue weighted by Crippen LogP contribution is 2.30. The smallest absolute Gasteiger partial charge is 0.267 e. The molecule has 1 aromatic heterocycles. The topological polar surface area (TPSA) is 67.2 Å². The van der Waals surface area contributed by atoms with Gasteiger partial charge in [0.05, 0.1) is 5.69 Å². The number of halogens is 1. The molecule has 154 valence electrons. The lowest BCUT2D eigenvalue weighted by Gasteiger charge is -2.44. The van der Waals surface area contributed by atoms with Crippen molar-refractivity contribution in [2.24, 2.45) is 5.92 Å². The van der Waals surface area contributed by atoms with E-state index >= 15 is 0 Å². The van der Waals surface area contributed by atoms with Crippen molar-refractivity contribution in [3.8, 4) is 11.3 Å². The van der Waals surface area contributed by atoms with Gasteiger partial charge in [-0.2, -0.15) is 5.10 Å². The van der Waals surface area contributed by atoms with Crippen LogP contribution >= 0.6 is 0 Å². The molecule has 2 atom stereocenters. The van der Waals surface area contributed by atoms with Crippen molar-refractivity contribution in [3.63, 3.8) is 0 Å². The minimum absolute atomic E-state index is 0.116. The average molecular weight is 398 g/mol. The number of carbonyl (C=O) groups excluding carboxylic acids is 1. The molecule has 2 aliphatic heterocycles. The summed E-state index contributed by atoms with van der Waals surface area (Å²) in [4.78, 5) is 27.2. The standard InChI is InChI=1S/C22H27FN4O2/c23-18-8-6-16(7-9-18)19-10-11-22(29)27(25-19)15-21(28)24-14-17-4-3-13-26-12-2-1-5-20(17)26/h6-11,17,20H,1-5,12-15H2,(H,24,28)/t17-,20+/m0/s1. The Morgan fingerprint density at radius 1 is 1.07 bits per heavy atom. The van der Waals surface area contributed by atoms with Crippen LogP contribution in [0.2, 0.25) is 0 Å². The lowest BCUT2D eigenvalue weighted by atomic mass is 9.83. The second-order valence-electron chi connectivity index (χ2n) is 8.03. The predicted octanol–water partition coefficient (Wildman–Crippen LogP) is 2.43. The van der Waals surface area contributed by atoms with E-state index in [0.717, 1.165) is 6.42 Å². The zero-order valence-corrected chi connectivity index (χ0v) is 16.5. The molecule has 6 nitrogen and oxygen atoms in total. The predicted molar refractivity (Wildman–Crippen MR) is 109 cm³/mol. The first-order valence-electron chi connectivity index (χ1n) is 10.4. The van der Waals surface area contributed by atoms with Crippen molar-refractivity contribution in [2.75, 3.05) is 19.6 Å². The fourth-order valence-electron chi connectivity index (χ4n) is 4.59. The molecule has 0 bridgehead atoms. The van der Waals surface area contributed by atoms with Gasteiger partial charge in [0.15, 0.2) is 0 Å². The molecule has 0 unspecified atom stereocenters. The molecule has 2 saturated heterocycles. The quantitative estimate of drug-likeness (QED) is 0.840. The monoisotopic (exact) mass is 398 g/mol. The fraction of sp³-hybridized carbons (Fsp3) is 0.500. The zero-order chi connectivity index (χ0) is 20.2. The second-order valence-corrected chi connectivity index (χ2v) is 8.03. The number of rotatable bonds is 5. The van der Waals surface area contributed by atoms with Gasteiger partial charge in [-0.05, 0) is 75.0 Å². The first-order chi connectivity index (χ1) is 14.1. The number of hydrogen-bond acceptors (Lipinski definition) is 4. The number of hydrogen-bond donors (Lipinski definition) is 1. The highest BCUT2D eigenvalue weighted by Gasteiger charge is 2.32. The zero-order valence-electron chi connectivity index (χ0n) is 16.5. The number of fused-ring (bicyclic) bond motifs is 1. The molecule has 1 aromatic carbocycles. The van der Waals surface area contributed by atoms with Crippen molar-refractivity contribution in [2.45, 2.75) is 44.7 Å². The van der Waals surface area contributed by atoms with Crippen molar-refractivity contribution in [3.05, 3.63) is 52.6 Å². The van der Waals surface area contributed by atoms with Crippen LogP contribution in [0.15, 0.2) is 41.2 Å². The van der Waals surface area contributed by atoms with E-state index in [4.69, 9.17) is 0 Å². The first kappa shape index (κ1) is 19.8. The Hall–Kier alpha value is -2.54. The Labute approximate surface area is 169 Å². The van der Waals surface area contributed by atoms with Crippen LogP contribution < -0.4 is 10.9 Å². The van der Waals surface area contributed by atoms with E-state index in [-0.39, 0.29) is 23.8 Å². The van der Waals surface area contributed by atoms with Crippen LogP contribution in [-0.4, -0.2) is 46.3 Å². The summed E-state index contributed by atoms with van der Waals surface area (Å²) in [7, 11) is 0. The normalized spacial score (nSPS) is 22.1. The maximum Gasteiger partial charge on any atom is 0.267 e. The molecule has 3 heterocycles. The minimum atomic E-state index is -0.333. The third kappa shape index (κ3) is 4.72. The van der Waals surface area contributed by atoms with Crippen LogP contribution in [0.25, 0.3) is 11.3 Å². The number of amides is 1. The summed E-state index contributed by atoms with van der Waals surface area (Å²) in [5.41, 5.74) is 0.893. The SMILES string of the molecule is O=C(Cn1nc(-c2ccc(F)cc2)ccc1=O)NC[C@@H]1CCCN2CCCC[C@H]12. The van der Waals surface area contributed by atoms with Gasteiger partial charge >= 0.3 is 0 Å². The average Bonchev–Trinajstić information content (AvgIpc) is 2.74. The van der Waals surface area contributed by atoms with Crippen molar-refractivity contribution >= 4 is 5.91 Å². The maximum atomic E-state index is 13.1. The summed E-state index contributed by atoms with van der Waals surface area (Å²) in [6.45, 7) is 2.87. The van der Waals surface area contributed by atoms with Crippen LogP contribution in [-0.2, 0) is 11.3 Å². The molecule has 0 aliphatic carbocycles. The van der Waals surface area contributed by atoms with Gasteiger partial charge in [-0.15, -0.1) is 0 Å². The van der Waals surface area contributed by atoms with Crippen molar-refractivity contribution < 1.29 is 9.18 Å². The van der Waals surface area contributed by atoms with Crippen LogP contribution in [0.5, 0.6) is 0 Å². The number of nitrogens with zero attached hydrogens (tertiary/aromatic N) is 3. The van der Waals surface area contributed by atoms with E-state index < -0.39 is 0 Å². The largest absolute Gasteiger partial charge is 0.354 e. The number of aromatic nitrogens is 2. The lowest BCUT2D eigenvalue weighted by Crippen LogP contribution is -2.51. The molecule has 7 heteroatoms. The van der Waals surface area contributed by atoms with Gasteiger partial charge in [-0.3, -0.25) is 9.59 Å². The van der Waals surface area contributed by atoms with Crippen LogP contribution in [0, 0.1) is 11.7 Å². The van der Waals surface area contributed by atoms with E-state index in [1.165, 1.54) is 61.7 Å². The van der Waals surface area contributed by atoms with Gasteiger partial charge in [0, 0.05) is 24.2 Å². The Morgan fingerprint density at radius 2 is 1.86 bits per heavy atom. The van der Waals surface area contributed by atoms with Gasteiger partial charge in [0.2, 0.25) is 5.91 Å². The van der Waals surface area contributed by atoms with E-state index in [1.807, 2.05) is 0 Å². The van der Waals surface area contributed by atoms with Crippen LogP contribution in [0.4, 0.5) is 4.39 Å². The fourth-order valence-corrected chi connectivity index (χ4v) is 4.59. The first-order valence-corrected chi connectivity index (χ1v) is 10.4. The summed E-state index contributed by atoms with van der Waals surface area (Å²) in [6, 6.07) is 9.44. The third-order valence-corrected chi connectivity index (χ3v) is 6.09. The molecule has 0 radical (unpaired) electrons. The van der Waals surface area contributed by atoms with Crippen molar-refractivity contribution in [1.82, 2.24) is 20.0 Å². The Kier molecular flexibility index (Phi) is 6.04. The van der Waals surface area contributed by atoms with Gasteiger partial charge < -0.3 is 10.2 Å². The number of nitrogens with one attached hydrogen (secondary N) is 1. The van der Waals surface area contributed by atoms with Crippen LogP contribution in [0.1, 0.15) is 32.1 Å². The molecule has 1 N–H and O–H groups in total. The Bertz CT molecular complexity index is 910. The Morgan fingerprint density at radius 3 is 2.69 bits per heavy atom. The van der Waals surface area contributed by atoms with Gasteiger partial charge in [-0.25, -0.2) is 9.07 Å². The highest BCUT2D eigenvalue weighted by molar-refractivity contribution is 5.75. The minimum Gasteiger partial charge on any atom is -0.354 e. The molecule has 1 amide bonds. The summed E-state index contributed by atoms with van der Waals surface area (Å²) in [6.07, 6.45) is 6.06. The molecule has 29 heavy (non-hydrogen) atoms. The molecule has 2 aliphatic rings. The number of benzene rings is 1. The second kappa shape index (κ2) is 8.86. The van der Waals surface area contributed by atoms with E-state index in [0.29, 0.717) is 29.8 Å². The maximum absolute atomic E-state index is 13.1. The van der Waals surface area contributed by atoms with Gasteiger partial charge in [-0.1, -0.05) is 6.42 Å². The van der Waals surface area contributed by atoms with E-state index in [2.05, 4.69) is 15.3 Å². The number of carbonyl (C=O) groups is 1. The molecule has 0 saturated carbocycles. The number of piperidine rings is 2. The highest BCUT2D eigenvalue weighted by atomic mass is 19.1. The summed E-state index contributed by atoms with van der Waals surface area (Å²) in [5, 5.41) is 7.30. The van der Waals surface area contributed by atoms with Gasteiger partial charge in [0.1, 0.15) is 12.4 Å². The third-order valence-electron chi connectivity index (χ3n) is 6.09. The Balaban J connectivity index is 1.38. The molecule has 0 spiro atoms. The summed E-state index contributed by atoms with van der Waals surface area (Å²) in [5.74, 6) is -0.0623. The molecular weight excluding hydrogens is 371 g/mol. The molecule has 2 aromatic rings. The molecule has 2 fully saturated rings. The van der Waals surface area contributed by atoms with Crippen LogP contribution in [0.3, 0.4) is 0 Å². The summed E-state index contributed by atoms with van der Waals surface area (Å²) >= 11 is 0. The lowest BCUT2D eigenvalue weighted by molar-refractivity contribution is -0.122. The molecular formula is C22H27FN4O2.